The van der Waals surface area contributed by atoms with E-state index >= 15 is 0 Å². The zero-order valence-corrected chi connectivity index (χ0v) is 7.80. The standard InChI is InChI=1S/C8H11NO6/c9-4(6(11)12)3-8(7(13)14)2-1-5(10)15-8/h4H,1-3,9H2,(H,11,12)(H,13,14)/t4-,8-/m1/s1. The van der Waals surface area contributed by atoms with Crippen molar-refractivity contribution in [3.05, 3.63) is 0 Å². The average molecular weight is 217 g/mol. The molecule has 7 heteroatoms. The van der Waals surface area contributed by atoms with Crippen molar-refractivity contribution in [3.8, 4) is 0 Å². The lowest BCUT2D eigenvalue weighted by molar-refractivity contribution is -0.171. The van der Waals surface area contributed by atoms with Crippen LogP contribution in [0.3, 0.4) is 0 Å². The molecule has 7 nitrogen and oxygen atoms in total. The minimum Gasteiger partial charge on any atom is -0.480 e. The molecule has 1 saturated heterocycles. The van der Waals surface area contributed by atoms with Crippen LogP contribution < -0.4 is 5.73 Å². The van der Waals surface area contributed by atoms with Crippen LogP contribution >= 0.6 is 0 Å². The molecule has 0 aliphatic carbocycles. The highest BCUT2D eigenvalue weighted by atomic mass is 16.6. The van der Waals surface area contributed by atoms with Crippen LogP contribution in [0.4, 0.5) is 0 Å². The van der Waals surface area contributed by atoms with Gasteiger partial charge in [-0.3, -0.25) is 9.59 Å². The van der Waals surface area contributed by atoms with E-state index in [2.05, 4.69) is 4.74 Å². The Hall–Kier alpha value is -1.63. The van der Waals surface area contributed by atoms with Gasteiger partial charge in [0.05, 0.1) is 0 Å². The van der Waals surface area contributed by atoms with E-state index in [1.54, 1.807) is 0 Å². The molecule has 15 heavy (non-hydrogen) atoms. The summed E-state index contributed by atoms with van der Waals surface area (Å²) >= 11 is 0. The van der Waals surface area contributed by atoms with Gasteiger partial charge in [0, 0.05) is 19.3 Å². The van der Waals surface area contributed by atoms with Crippen LogP contribution in [0.25, 0.3) is 0 Å². The summed E-state index contributed by atoms with van der Waals surface area (Å²) in [4.78, 5) is 32.2. The average Bonchev–Trinajstić information content (AvgIpc) is 2.48. The van der Waals surface area contributed by atoms with E-state index in [4.69, 9.17) is 15.9 Å². The number of nitrogens with two attached hydrogens (primary N) is 1. The maximum Gasteiger partial charge on any atom is 0.348 e. The van der Waals surface area contributed by atoms with Crippen LogP contribution in [-0.4, -0.2) is 39.8 Å². The zero-order chi connectivity index (χ0) is 11.6. The molecule has 4 N–H and O–H groups in total. The lowest BCUT2D eigenvalue weighted by Crippen LogP contribution is -2.46. The van der Waals surface area contributed by atoms with E-state index in [-0.39, 0.29) is 12.8 Å². The third kappa shape index (κ3) is 2.24. The lowest BCUT2D eigenvalue weighted by atomic mass is 9.92. The zero-order valence-electron chi connectivity index (χ0n) is 7.80. The van der Waals surface area contributed by atoms with Crippen molar-refractivity contribution in [2.75, 3.05) is 0 Å². The van der Waals surface area contributed by atoms with Crippen molar-refractivity contribution in [1.82, 2.24) is 0 Å². The van der Waals surface area contributed by atoms with Crippen LogP contribution in [0.2, 0.25) is 0 Å². The lowest BCUT2D eigenvalue weighted by Gasteiger charge is -2.24. The van der Waals surface area contributed by atoms with E-state index < -0.39 is 36.0 Å². The van der Waals surface area contributed by atoms with Gasteiger partial charge in [-0.25, -0.2) is 4.79 Å². The summed E-state index contributed by atoms with van der Waals surface area (Å²) in [6.45, 7) is 0. The Labute approximate surface area is 84.8 Å². The number of esters is 1. The van der Waals surface area contributed by atoms with Gasteiger partial charge in [0.15, 0.2) is 0 Å². The maximum atomic E-state index is 10.9. The second-order valence-corrected chi connectivity index (χ2v) is 3.42. The first kappa shape index (κ1) is 11.4. The molecule has 0 radical (unpaired) electrons. The molecule has 84 valence electrons. The summed E-state index contributed by atoms with van der Waals surface area (Å²) in [5.41, 5.74) is 3.44. The van der Waals surface area contributed by atoms with Gasteiger partial charge in [-0.1, -0.05) is 0 Å². The normalized spacial score (nSPS) is 27.1. The number of hydrogen-bond acceptors (Lipinski definition) is 5. The minimum atomic E-state index is -1.77. The number of carbonyl (C=O) groups excluding carboxylic acids is 1. The smallest absolute Gasteiger partial charge is 0.348 e. The maximum absolute atomic E-state index is 10.9. The molecule has 1 heterocycles. The van der Waals surface area contributed by atoms with Crippen LogP contribution in [0, 0.1) is 0 Å². The number of hydrogen-bond donors (Lipinski definition) is 3. The SMILES string of the molecule is N[C@H](C[C@@]1(C(=O)O)CCC(=O)O1)C(=O)O. The fourth-order valence-corrected chi connectivity index (χ4v) is 1.45. The van der Waals surface area contributed by atoms with Gasteiger partial charge in [0.1, 0.15) is 6.04 Å². The third-order valence-electron chi connectivity index (χ3n) is 2.30. The summed E-state index contributed by atoms with van der Waals surface area (Å²) in [6.07, 6.45) is -0.482. The third-order valence-corrected chi connectivity index (χ3v) is 2.30. The molecule has 1 fully saturated rings. The number of rotatable bonds is 4. The summed E-state index contributed by atoms with van der Waals surface area (Å²) in [7, 11) is 0. The monoisotopic (exact) mass is 217 g/mol. The van der Waals surface area contributed by atoms with Crippen molar-refractivity contribution in [2.45, 2.75) is 30.9 Å². The molecule has 0 aromatic carbocycles. The summed E-state index contributed by atoms with van der Waals surface area (Å²) in [6, 6.07) is -1.35. The molecule has 0 spiro atoms. The van der Waals surface area contributed by atoms with Crippen LogP contribution in [0.5, 0.6) is 0 Å². The molecular weight excluding hydrogens is 206 g/mol. The minimum absolute atomic E-state index is 0.0291. The first-order valence-electron chi connectivity index (χ1n) is 4.31. The van der Waals surface area contributed by atoms with Crippen molar-refractivity contribution < 1.29 is 29.3 Å². The Kier molecular flexibility index (Phi) is 2.94. The largest absolute Gasteiger partial charge is 0.480 e. The van der Waals surface area contributed by atoms with Gasteiger partial charge in [-0.2, -0.15) is 0 Å². The molecule has 2 atom stereocenters. The van der Waals surface area contributed by atoms with Gasteiger partial charge in [0.25, 0.3) is 0 Å². The van der Waals surface area contributed by atoms with Gasteiger partial charge in [-0.15, -0.1) is 0 Å². The molecule has 0 aromatic heterocycles. The second kappa shape index (κ2) is 3.85. The molecule has 0 aromatic rings. The predicted octanol–water partition coefficient (Wildman–Crippen LogP) is -1.05. The molecule has 1 rings (SSSR count). The van der Waals surface area contributed by atoms with Gasteiger partial charge in [-0.05, 0) is 0 Å². The Bertz CT molecular complexity index is 314. The van der Waals surface area contributed by atoms with E-state index in [0.717, 1.165) is 0 Å². The summed E-state index contributed by atoms with van der Waals surface area (Å²) in [5.74, 6) is -3.32. The van der Waals surface area contributed by atoms with E-state index in [1.807, 2.05) is 0 Å². The second-order valence-electron chi connectivity index (χ2n) is 3.42. The molecule has 0 bridgehead atoms. The number of carbonyl (C=O) groups is 3. The number of ether oxygens (including phenoxy) is 1. The van der Waals surface area contributed by atoms with Gasteiger partial charge >= 0.3 is 17.9 Å². The van der Waals surface area contributed by atoms with E-state index in [1.165, 1.54) is 0 Å². The van der Waals surface area contributed by atoms with Crippen molar-refractivity contribution in [2.24, 2.45) is 5.73 Å². The molecular formula is C8H11NO6. The highest BCUT2D eigenvalue weighted by Gasteiger charge is 2.49. The molecule has 1 aliphatic heterocycles. The highest BCUT2D eigenvalue weighted by molar-refractivity contribution is 5.86. The molecule has 0 saturated carbocycles. The summed E-state index contributed by atoms with van der Waals surface area (Å²) < 4.78 is 4.65. The Morgan fingerprint density at radius 1 is 1.53 bits per heavy atom. The van der Waals surface area contributed by atoms with Gasteiger partial charge in [0.2, 0.25) is 5.60 Å². The van der Waals surface area contributed by atoms with Crippen molar-refractivity contribution >= 4 is 17.9 Å². The first-order chi connectivity index (χ1) is 6.87. The Morgan fingerprint density at radius 3 is 2.47 bits per heavy atom. The van der Waals surface area contributed by atoms with Crippen molar-refractivity contribution in [1.29, 1.82) is 0 Å². The fourth-order valence-electron chi connectivity index (χ4n) is 1.45. The number of carboxylic acids is 2. The Morgan fingerprint density at radius 2 is 2.13 bits per heavy atom. The van der Waals surface area contributed by atoms with E-state index in [9.17, 15) is 14.4 Å². The quantitative estimate of drug-likeness (QED) is 0.512. The van der Waals surface area contributed by atoms with Gasteiger partial charge < -0.3 is 20.7 Å². The first-order valence-corrected chi connectivity index (χ1v) is 4.31. The molecule has 0 amide bonds. The van der Waals surface area contributed by atoms with Crippen molar-refractivity contribution in [3.63, 3.8) is 0 Å². The number of aliphatic carboxylic acids is 2. The van der Waals surface area contributed by atoms with Crippen LogP contribution in [0.1, 0.15) is 19.3 Å². The molecule has 0 unspecified atom stereocenters. The molecule has 1 aliphatic rings. The number of carboxylic acid groups (broad SMARTS) is 2. The topological polar surface area (TPSA) is 127 Å². The fraction of sp³-hybridized carbons (Fsp3) is 0.625. The number of cyclic esters (lactones) is 1. The van der Waals surface area contributed by atoms with E-state index in [0.29, 0.717) is 0 Å². The van der Waals surface area contributed by atoms with Crippen LogP contribution in [0.15, 0.2) is 0 Å². The highest BCUT2D eigenvalue weighted by Crippen LogP contribution is 2.31. The summed E-state index contributed by atoms with van der Waals surface area (Å²) in [5, 5.41) is 17.4. The Balaban J connectivity index is 2.80. The van der Waals surface area contributed by atoms with Crippen LogP contribution in [-0.2, 0) is 19.1 Å². The predicted molar refractivity (Wildman–Crippen MR) is 45.9 cm³/mol.